The van der Waals surface area contributed by atoms with Crippen LogP contribution in [-0.2, 0) is 4.93 Å². The van der Waals surface area contributed by atoms with Gasteiger partial charge in [0.25, 0.3) is 5.69 Å². The van der Waals surface area contributed by atoms with E-state index in [1.807, 2.05) is 19.1 Å². The van der Waals surface area contributed by atoms with Gasteiger partial charge in [-0.1, -0.05) is 35.5 Å². The van der Waals surface area contributed by atoms with Gasteiger partial charge in [-0.3, -0.25) is 10.1 Å². The summed E-state index contributed by atoms with van der Waals surface area (Å²) in [6.45, 7) is 1.94. The van der Waals surface area contributed by atoms with E-state index in [9.17, 15) is 10.1 Å². The summed E-state index contributed by atoms with van der Waals surface area (Å²) in [5.74, 6) is 0.665. The van der Waals surface area contributed by atoms with Gasteiger partial charge in [-0.05, 0) is 25.1 Å². The number of nitro groups is 1. The van der Waals surface area contributed by atoms with E-state index < -0.39 is 9.86 Å². The number of non-ortho nitro benzene ring substituents is 1. The molecule has 1 aliphatic rings. The Labute approximate surface area is 124 Å². The first-order valence-corrected chi connectivity index (χ1v) is 7.10. The van der Waals surface area contributed by atoms with Gasteiger partial charge in [0.2, 0.25) is 0 Å². The Bertz CT molecular complexity index is 689. The number of ether oxygens (including phenoxy) is 1. The first-order chi connectivity index (χ1) is 9.48. The minimum atomic E-state index is -0.595. The second-order valence-corrected chi connectivity index (χ2v) is 6.40. The van der Waals surface area contributed by atoms with Crippen LogP contribution in [0, 0.1) is 10.1 Å². The third kappa shape index (κ3) is 2.23. The fourth-order valence-electron chi connectivity index (χ4n) is 2.09. The second-order valence-electron chi connectivity index (χ2n) is 4.54. The molecular formula is C14H10ClNO3S. The zero-order valence-corrected chi connectivity index (χ0v) is 12.1. The molecule has 0 N–H and O–H groups in total. The van der Waals surface area contributed by atoms with Crippen LogP contribution in [0.25, 0.3) is 0 Å². The lowest BCUT2D eigenvalue weighted by Gasteiger charge is -2.23. The average Bonchev–Trinajstić information content (AvgIpc) is 2.75. The predicted molar refractivity (Wildman–Crippen MR) is 78.4 cm³/mol. The Kier molecular flexibility index (Phi) is 3.11. The van der Waals surface area contributed by atoms with Crippen molar-refractivity contribution in [1.82, 2.24) is 0 Å². The number of thioether (sulfide) groups is 1. The lowest BCUT2D eigenvalue weighted by molar-refractivity contribution is -0.385. The lowest BCUT2D eigenvalue weighted by Crippen LogP contribution is -2.21. The van der Waals surface area contributed by atoms with Crippen molar-refractivity contribution in [2.75, 3.05) is 0 Å². The van der Waals surface area contributed by atoms with E-state index >= 15 is 0 Å². The highest BCUT2D eigenvalue weighted by Crippen LogP contribution is 2.53. The fraction of sp³-hybridized carbons (Fsp3) is 0.143. The molecule has 0 spiro atoms. The summed E-state index contributed by atoms with van der Waals surface area (Å²) >= 11 is 7.35. The number of nitrogens with zero attached hydrogens (tertiary/aromatic N) is 1. The van der Waals surface area contributed by atoms with Crippen LogP contribution in [0.15, 0.2) is 47.4 Å². The molecule has 0 fully saturated rings. The van der Waals surface area contributed by atoms with E-state index in [2.05, 4.69) is 0 Å². The maximum atomic E-state index is 10.8. The van der Waals surface area contributed by atoms with Gasteiger partial charge in [-0.25, -0.2) is 0 Å². The van der Waals surface area contributed by atoms with Crippen molar-refractivity contribution in [2.24, 2.45) is 0 Å². The monoisotopic (exact) mass is 307 g/mol. The Morgan fingerprint density at radius 1 is 1.25 bits per heavy atom. The van der Waals surface area contributed by atoms with Crippen molar-refractivity contribution in [3.05, 3.63) is 63.2 Å². The van der Waals surface area contributed by atoms with Crippen molar-refractivity contribution in [1.29, 1.82) is 0 Å². The largest absolute Gasteiger partial charge is 0.471 e. The molecule has 0 saturated heterocycles. The molecule has 3 rings (SSSR count). The zero-order valence-electron chi connectivity index (χ0n) is 10.5. The Morgan fingerprint density at radius 2 is 1.95 bits per heavy atom. The van der Waals surface area contributed by atoms with Crippen LogP contribution in [0.4, 0.5) is 5.69 Å². The summed E-state index contributed by atoms with van der Waals surface area (Å²) in [4.78, 5) is 10.6. The van der Waals surface area contributed by atoms with Crippen molar-refractivity contribution in [3.63, 3.8) is 0 Å². The number of hydrogen-bond donors (Lipinski definition) is 0. The fourth-order valence-corrected chi connectivity index (χ4v) is 3.41. The summed E-state index contributed by atoms with van der Waals surface area (Å²) in [5.41, 5.74) is 1.03. The molecule has 0 amide bonds. The van der Waals surface area contributed by atoms with E-state index in [0.717, 1.165) is 10.5 Å². The topological polar surface area (TPSA) is 52.4 Å². The van der Waals surface area contributed by atoms with Crippen LogP contribution in [0.1, 0.15) is 12.5 Å². The predicted octanol–water partition coefficient (Wildman–Crippen LogP) is 4.61. The minimum absolute atomic E-state index is 0.0696. The van der Waals surface area contributed by atoms with Gasteiger partial charge in [0.15, 0.2) is 4.93 Å². The first kappa shape index (κ1) is 13.3. The summed E-state index contributed by atoms with van der Waals surface area (Å²) in [6.07, 6.45) is 0. The summed E-state index contributed by atoms with van der Waals surface area (Å²) in [7, 11) is 0. The number of fused-ring (bicyclic) bond motifs is 1. The van der Waals surface area contributed by atoms with Crippen molar-refractivity contribution >= 4 is 29.1 Å². The summed E-state index contributed by atoms with van der Waals surface area (Å²) < 4.78 is 5.95. The van der Waals surface area contributed by atoms with E-state index in [1.165, 1.54) is 17.8 Å². The average molecular weight is 308 g/mol. The highest BCUT2D eigenvalue weighted by atomic mass is 35.5. The van der Waals surface area contributed by atoms with Gasteiger partial charge in [0.1, 0.15) is 5.75 Å². The van der Waals surface area contributed by atoms with Crippen molar-refractivity contribution in [2.45, 2.75) is 16.8 Å². The van der Waals surface area contributed by atoms with E-state index in [1.54, 1.807) is 24.3 Å². The van der Waals surface area contributed by atoms with Crippen LogP contribution in [0.2, 0.25) is 5.02 Å². The standard InChI is InChI=1S/C14H10ClNO3S/c1-14(9-2-4-10(15)5-3-9)19-12-7-6-11(16(17)18)8-13(12)20-14/h2-8H,1H3. The van der Waals surface area contributed by atoms with Crippen LogP contribution >= 0.6 is 23.4 Å². The van der Waals surface area contributed by atoms with Gasteiger partial charge in [-0.2, -0.15) is 0 Å². The third-order valence-corrected chi connectivity index (χ3v) is 4.62. The molecule has 102 valence electrons. The van der Waals surface area contributed by atoms with Crippen LogP contribution in [-0.4, -0.2) is 4.92 Å². The quantitative estimate of drug-likeness (QED) is 0.600. The molecule has 0 bridgehead atoms. The van der Waals surface area contributed by atoms with Crippen LogP contribution in [0.5, 0.6) is 5.75 Å². The molecule has 20 heavy (non-hydrogen) atoms. The summed E-state index contributed by atoms with van der Waals surface area (Å²) in [6, 6.07) is 12.0. The highest BCUT2D eigenvalue weighted by molar-refractivity contribution is 8.00. The molecule has 1 unspecified atom stereocenters. The molecule has 0 saturated carbocycles. The minimum Gasteiger partial charge on any atom is -0.471 e. The maximum absolute atomic E-state index is 10.8. The Morgan fingerprint density at radius 3 is 2.60 bits per heavy atom. The van der Waals surface area contributed by atoms with E-state index in [0.29, 0.717) is 10.8 Å². The number of halogens is 1. The molecule has 0 radical (unpaired) electrons. The Hall–Kier alpha value is -1.72. The lowest BCUT2D eigenvalue weighted by atomic mass is 10.1. The second kappa shape index (κ2) is 4.68. The van der Waals surface area contributed by atoms with Crippen molar-refractivity contribution in [3.8, 4) is 5.75 Å². The molecule has 1 heterocycles. The Balaban J connectivity index is 1.96. The highest BCUT2D eigenvalue weighted by Gasteiger charge is 2.38. The third-order valence-electron chi connectivity index (χ3n) is 3.12. The molecular weight excluding hydrogens is 298 g/mol. The molecule has 1 aliphatic heterocycles. The van der Waals surface area contributed by atoms with Crippen LogP contribution < -0.4 is 4.74 Å². The smallest absolute Gasteiger partial charge is 0.270 e. The van der Waals surface area contributed by atoms with Gasteiger partial charge >= 0.3 is 0 Å². The molecule has 0 aromatic heterocycles. The number of nitro benzene ring substituents is 1. The van der Waals surface area contributed by atoms with E-state index in [-0.39, 0.29) is 5.69 Å². The number of hydrogen-bond acceptors (Lipinski definition) is 4. The maximum Gasteiger partial charge on any atom is 0.270 e. The van der Waals surface area contributed by atoms with Gasteiger partial charge in [0, 0.05) is 22.7 Å². The molecule has 4 nitrogen and oxygen atoms in total. The zero-order chi connectivity index (χ0) is 14.3. The normalized spacial score (nSPS) is 20.3. The molecule has 2 aromatic carbocycles. The number of rotatable bonds is 2. The van der Waals surface area contributed by atoms with Crippen LogP contribution in [0.3, 0.4) is 0 Å². The first-order valence-electron chi connectivity index (χ1n) is 5.90. The van der Waals surface area contributed by atoms with Gasteiger partial charge in [0.05, 0.1) is 9.82 Å². The molecule has 1 atom stereocenters. The molecule has 6 heteroatoms. The van der Waals surface area contributed by atoms with E-state index in [4.69, 9.17) is 16.3 Å². The number of benzene rings is 2. The molecule has 2 aromatic rings. The van der Waals surface area contributed by atoms with Gasteiger partial charge < -0.3 is 4.74 Å². The van der Waals surface area contributed by atoms with Gasteiger partial charge in [-0.15, -0.1) is 0 Å². The van der Waals surface area contributed by atoms with Crippen molar-refractivity contribution < 1.29 is 9.66 Å². The molecule has 0 aliphatic carbocycles. The SMILES string of the molecule is CC1(c2ccc(Cl)cc2)Oc2ccc([N+](=O)[O-])cc2S1. The summed E-state index contributed by atoms with van der Waals surface area (Å²) in [5, 5.41) is 11.5.